The average molecular weight is 382 g/mol. The lowest BCUT2D eigenvalue weighted by Gasteiger charge is -2.52. The number of carbonyl (C=O) groups is 1. The first-order chi connectivity index (χ1) is 11.9. The Morgan fingerprint density at radius 3 is 2.27 bits per heavy atom. The number of aromatic nitrogens is 2. The van der Waals surface area contributed by atoms with Gasteiger partial charge in [0.1, 0.15) is 12.2 Å². The van der Waals surface area contributed by atoms with Crippen LogP contribution in [0.4, 0.5) is 0 Å². The van der Waals surface area contributed by atoms with Crippen molar-refractivity contribution < 1.29 is 18.4 Å². The lowest BCUT2D eigenvalue weighted by molar-refractivity contribution is -0.130. The minimum atomic E-state index is -2.81. The largest absolute Gasteiger partial charge is 0.391 e. The highest BCUT2D eigenvalue weighted by Crippen LogP contribution is 2.55. The third-order valence-corrected chi connectivity index (χ3v) is 10.1. The Morgan fingerprint density at radius 2 is 1.73 bits per heavy atom. The zero-order valence-electron chi connectivity index (χ0n) is 16.0. The van der Waals surface area contributed by atoms with E-state index in [-0.39, 0.29) is 22.5 Å². The van der Waals surface area contributed by atoms with Crippen LogP contribution in [0.2, 0.25) is 10.1 Å². The van der Waals surface area contributed by atoms with Gasteiger partial charge in [0.2, 0.25) is 5.78 Å². The number of hydrogen-bond acceptors (Lipinski definition) is 6. The van der Waals surface area contributed by atoms with E-state index >= 15 is 0 Å². The molecule has 2 saturated heterocycles. The molecule has 0 unspecified atom stereocenters. The topological polar surface area (TPSA) is 99.6 Å². The van der Waals surface area contributed by atoms with Gasteiger partial charge in [-0.1, -0.05) is 41.5 Å². The van der Waals surface area contributed by atoms with Crippen LogP contribution in [0, 0.1) is 0 Å². The van der Waals surface area contributed by atoms with Crippen molar-refractivity contribution in [2.24, 2.45) is 0 Å². The minimum absolute atomic E-state index is 0.242. The Labute approximate surface area is 152 Å². The Bertz CT molecular complexity index is 817. The third-order valence-electron chi connectivity index (χ3n) is 4.99. The molecule has 0 radical (unpaired) electrons. The molecular weight excluding hydrogens is 356 g/mol. The van der Waals surface area contributed by atoms with Crippen molar-refractivity contribution in [2.45, 2.75) is 70.1 Å². The summed E-state index contributed by atoms with van der Waals surface area (Å²) in [7, 11) is -2.81. The number of rotatable bonds is 1. The summed E-state index contributed by atoms with van der Waals surface area (Å²) in [6, 6.07) is 1.18. The van der Waals surface area contributed by atoms with Crippen molar-refractivity contribution in [3.8, 4) is 0 Å². The molecule has 0 aliphatic carbocycles. The third kappa shape index (κ3) is 2.83. The molecule has 0 spiro atoms. The summed E-state index contributed by atoms with van der Waals surface area (Å²) in [6.45, 7) is 12.6. The fourth-order valence-electron chi connectivity index (χ4n) is 4.03. The number of nitrogens with zero attached hydrogens (tertiary/aromatic N) is 1. The second-order valence-electron chi connectivity index (χ2n) is 8.91. The lowest BCUT2D eigenvalue weighted by Crippen LogP contribution is -2.65. The second-order valence-corrected chi connectivity index (χ2v) is 13.7. The second kappa shape index (κ2) is 5.98. The molecule has 1 aromatic heterocycles. The highest BCUT2D eigenvalue weighted by Gasteiger charge is 2.65. The van der Waals surface area contributed by atoms with Gasteiger partial charge in [-0.25, -0.2) is 4.79 Å². The minimum Gasteiger partial charge on any atom is -0.391 e. The maximum atomic E-state index is 13.0. The fraction of sp³-hybridized carbons (Fsp3) is 0.706. The van der Waals surface area contributed by atoms with Gasteiger partial charge in [0, 0.05) is 22.3 Å². The van der Waals surface area contributed by atoms with Gasteiger partial charge in [-0.2, -0.15) is 0 Å². The normalized spacial score (nSPS) is 28.8. The molecule has 1 N–H and O–H groups in total. The Balaban J connectivity index is 1.96. The van der Waals surface area contributed by atoms with E-state index < -0.39 is 38.2 Å². The van der Waals surface area contributed by atoms with Crippen molar-refractivity contribution >= 4 is 14.3 Å². The summed E-state index contributed by atoms with van der Waals surface area (Å²) in [5.41, 5.74) is -1.22. The summed E-state index contributed by atoms with van der Waals surface area (Å²) < 4.78 is 19.5. The van der Waals surface area contributed by atoms with Crippen LogP contribution >= 0.6 is 0 Å². The number of nitrogens with one attached hydrogen (secondary N) is 1. The molecule has 2 aliphatic rings. The molecule has 144 valence electrons. The van der Waals surface area contributed by atoms with Gasteiger partial charge < -0.3 is 13.6 Å². The van der Waals surface area contributed by atoms with Crippen LogP contribution in [-0.4, -0.2) is 42.7 Å². The van der Waals surface area contributed by atoms with E-state index in [2.05, 4.69) is 46.5 Å². The average Bonchev–Trinajstić information content (AvgIpc) is 2.81. The maximum absolute atomic E-state index is 13.0. The highest BCUT2D eigenvalue weighted by atomic mass is 28.4. The van der Waals surface area contributed by atoms with Gasteiger partial charge in [0.05, 0.1) is 6.61 Å². The number of Topliss-reactive ketones (excluding diaryl/α,β-unsaturated/α-hetero) is 1. The van der Waals surface area contributed by atoms with Crippen molar-refractivity contribution in [2.75, 3.05) is 6.61 Å². The molecule has 0 amide bonds. The molecule has 9 heteroatoms. The molecule has 3 heterocycles. The van der Waals surface area contributed by atoms with Gasteiger partial charge in [-0.15, -0.1) is 0 Å². The van der Waals surface area contributed by atoms with E-state index in [1.807, 2.05) is 0 Å². The monoisotopic (exact) mass is 382 g/mol. The maximum Gasteiger partial charge on any atom is 0.350 e. The lowest BCUT2D eigenvalue weighted by atomic mass is 10.1. The molecule has 1 aromatic rings. The van der Waals surface area contributed by atoms with Crippen LogP contribution in [-0.2, 0) is 18.4 Å². The predicted octanol–water partition coefficient (Wildman–Crippen LogP) is 1.46. The van der Waals surface area contributed by atoms with Crippen LogP contribution in [0.1, 0.15) is 47.8 Å². The standard InChI is InChI=1S/C17H26N2O6Si/c1-16(2,3)26(17(4,5)6)23-9-10-13(25-26)12(21)14(24-10)19-8-7-11(20)18-15(19)22/h7-8,10,13-14H,9H2,1-6H3,(H,18,20,22)/t10-,13+,14-/m1/s1. The van der Waals surface area contributed by atoms with Crippen LogP contribution in [0.5, 0.6) is 0 Å². The summed E-state index contributed by atoms with van der Waals surface area (Å²) in [6.07, 6.45) is -1.21. The van der Waals surface area contributed by atoms with Crippen LogP contribution < -0.4 is 11.2 Å². The van der Waals surface area contributed by atoms with E-state index in [9.17, 15) is 14.4 Å². The number of aromatic amines is 1. The predicted molar refractivity (Wildman–Crippen MR) is 96.2 cm³/mol. The molecule has 8 nitrogen and oxygen atoms in total. The molecule has 0 bridgehead atoms. The highest BCUT2D eigenvalue weighted by molar-refractivity contribution is 6.73. The van der Waals surface area contributed by atoms with Crippen LogP contribution in [0.15, 0.2) is 21.9 Å². The van der Waals surface area contributed by atoms with E-state index in [1.165, 1.54) is 12.3 Å². The molecular formula is C17H26N2O6Si. The Morgan fingerprint density at radius 1 is 1.12 bits per heavy atom. The van der Waals surface area contributed by atoms with Crippen molar-refractivity contribution in [3.63, 3.8) is 0 Å². The van der Waals surface area contributed by atoms with Crippen LogP contribution in [0.3, 0.4) is 0 Å². The quantitative estimate of drug-likeness (QED) is 0.738. The smallest absolute Gasteiger partial charge is 0.350 e. The number of ketones is 1. The summed E-state index contributed by atoms with van der Waals surface area (Å²) in [5.74, 6) is -0.321. The van der Waals surface area contributed by atoms with E-state index in [4.69, 9.17) is 13.6 Å². The molecule has 26 heavy (non-hydrogen) atoms. The molecule has 3 rings (SSSR count). The number of ether oxygens (including phenoxy) is 1. The number of hydrogen-bond donors (Lipinski definition) is 1. The zero-order chi connectivity index (χ0) is 19.5. The van der Waals surface area contributed by atoms with E-state index in [1.54, 1.807) is 0 Å². The molecule has 0 saturated carbocycles. The Hall–Kier alpha value is -1.55. The first-order valence-electron chi connectivity index (χ1n) is 8.70. The summed E-state index contributed by atoms with van der Waals surface area (Å²) in [4.78, 5) is 38.4. The first kappa shape index (κ1) is 19.2. The summed E-state index contributed by atoms with van der Waals surface area (Å²) >= 11 is 0. The summed E-state index contributed by atoms with van der Waals surface area (Å²) in [5, 5.41) is -0.521. The van der Waals surface area contributed by atoms with Gasteiger partial charge >= 0.3 is 14.3 Å². The zero-order valence-corrected chi connectivity index (χ0v) is 17.0. The van der Waals surface area contributed by atoms with E-state index in [0.29, 0.717) is 0 Å². The Kier molecular flexibility index (Phi) is 4.42. The van der Waals surface area contributed by atoms with Crippen LogP contribution in [0.25, 0.3) is 0 Å². The first-order valence-corrected chi connectivity index (χ1v) is 10.5. The molecule has 2 fully saturated rings. The number of H-pyrrole nitrogens is 1. The van der Waals surface area contributed by atoms with Gasteiger partial charge in [0.25, 0.3) is 5.56 Å². The number of fused-ring (bicyclic) bond motifs is 1. The number of carbonyl (C=O) groups excluding carboxylic acids is 1. The SMILES string of the molecule is CC(C)(C)[Si]1(C(C)(C)C)OC[C@H]2O[C@@H](n3ccc(=O)[nH]c3=O)C(=O)[C@H]2O1. The van der Waals surface area contributed by atoms with E-state index in [0.717, 1.165) is 4.57 Å². The molecule has 0 aromatic carbocycles. The van der Waals surface area contributed by atoms with Gasteiger partial charge in [-0.3, -0.25) is 19.1 Å². The van der Waals surface area contributed by atoms with Gasteiger partial charge in [-0.05, 0) is 0 Å². The molecule has 2 aliphatic heterocycles. The van der Waals surface area contributed by atoms with Gasteiger partial charge in [0.15, 0.2) is 6.23 Å². The van der Waals surface area contributed by atoms with Crippen molar-refractivity contribution in [1.29, 1.82) is 0 Å². The molecule has 3 atom stereocenters. The van der Waals surface area contributed by atoms with Crippen molar-refractivity contribution in [3.05, 3.63) is 33.1 Å². The van der Waals surface area contributed by atoms with Crippen molar-refractivity contribution in [1.82, 2.24) is 9.55 Å². The fourth-order valence-corrected chi connectivity index (χ4v) is 8.94.